The van der Waals surface area contributed by atoms with E-state index in [1.54, 1.807) is 11.1 Å². The molecule has 6 heteroatoms. The fourth-order valence-corrected chi connectivity index (χ4v) is 2.11. The molecule has 102 valence electrons. The Morgan fingerprint density at radius 1 is 1.53 bits per heavy atom. The molecule has 2 heterocycles. The lowest BCUT2D eigenvalue weighted by Crippen LogP contribution is -2.53. The summed E-state index contributed by atoms with van der Waals surface area (Å²) in [5, 5.41) is 11.7. The third-order valence-corrected chi connectivity index (χ3v) is 3.12. The molecule has 0 spiro atoms. The van der Waals surface area contributed by atoms with E-state index in [0.717, 1.165) is 5.69 Å². The van der Waals surface area contributed by atoms with E-state index in [1.165, 1.54) is 0 Å². The molecule has 1 aliphatic rings. The van der Waals surface area contributed by atoms with Gasteiger partial charge in [0.15, 0.2) is 0 Å². The molecule has 0 saturated carbocycles. The van der Waals surface area contributed by atoms with Crippen LogP contribution in [0.5, 0.6) is 0 Å². The van der Waals surface area contributed by atoms with E-state index in [0.29, 0.717) is 19.5 Å². The van der Waals surface area contributed by atoms with Gasteiger partial charge in [0.1, 0.15) is 0 Å². The van der Waals surface area contributed by atoms with E-state index >= 15 is 0 Å². The summed E-state index contributed by atoms with van der Waals surface area (Å²) in [6, 6.07) is 5.63. The van der Waals surface area contributed by atoms with Crippen molar-refractivity contribution in [2.75, 3.05) is 13.1 Å². The van der Waals surface area contributed by atoms with Crippen molar-refractivity contribution >= 4 is 11.9 Å². The molecule has 1 aromatic heterocycles. The van der Waals surface area contributed by atoms with Crippen LogP contribution in [0.25, 0.3) is 0 Å². The second-order valence-electron chi connectivity index (χ2n) is 4.61. The van der Waals surface area contributed by atoms with Gasteiger partial charge in [0.2, 0.25) is 5.91 Å². The number of nitrogens with zero attached hydrogens (tertiary/aromatic N) is 2. The highest BCUT2D eigenvalue weighted by Crippen LogP contribution is 2.09. The maximum Gasteiger partial charge on any atom is 0.303 e. The third-order valence-electron chi connectivity index (χ3n) is 3.12. The maximum atomic E-state index is 11.8. The summed E-state index contributed by atoms with van der Waals surface area (Å²) in [5.41, 5.74) is 0.842. The number of pyridine rings is 1. The molecule has 1 unspecified atom stereocenters. The minimum atomic E-state index is -0.810. The van der Waals surface area contributed by atoms with Gasteiger partial charge in [-0.1, -0.05) is 6.07 Å². The molecule has 0 aliphatic carbocycles. The highest BCUT2D eigenvalue weighted by Gasteiger charge is 2.25. The van der Waals surface area contributed by atoms with Crippen LogP contribution in [0.4, 0.5) is 0 Å². The smallest absolute Gasteiger partial charge is 0.303 e. The molecule has 1 aromatic rings. The number of carbonyl (C=O) groups excluding carboxylic acids is 1. The van der Waals surface area contributed by atoms with E-state index in [4.69, 9.17) is 5.11 Å². The highest BCUT2D eigenvalue weighted by molar-refractivity contribution is 5.79. The van der Waals surface area contributed by atoms with Crippen molar-refractivity contribution in [1.29, 1.82) is 0 Å². The van der Waals surface area contributed by atoms with Crippen molar-refractivity contribution in [3.63, 3.8) is 0 Å². The fourth-order valence-electron chi connectivity index (χ4n) is 2.11. The Labute approximate surface area is 111 Å². The molecule has 0 radical (unpaired) electrons. The van der Waals surface area contributed by atoms with Gasteiger partial charge in [-0.3, -0.25) is 14.6 Å². The van der Waals surface area contributed by atoms with E-state index in [2.05, 4.69) is 10.3 Å². The van der Waals surface area contributed by atoms with Gasteiger partial charge in [-0.25, -0.2) is 0 Å². The molecule has 19 heavy (non-hydrogen) atoms. The maximum absolute atomic E-state index is 11.8. The first-order valence-corrected chi connectivity index (χ1v) is 6.28. The Kier molecular flexibility index (Phi) is 4.46. The van der Waals surface area contributed by atoms with E-state index in [1.807, 2.05) is 18.2 Å². The van der Waals surface area contributed by atoms with Crippen LogP contribution in [0.1, 0.15) is 18.5 Å². The second kappa shape index (κ2) is 6.29. The summed E-state index contributed by atoms with van der Waals surface area (Å²) in [6.07, 6.45) is 2.34. The summed E-state index contributed by atoms with van der Waals surface area (Å²) in [4.78, 5) is 28.3. The Hall–Kier alpha value is -1.95. The average molecular weight is 263 g/mol. The van der Waals surface area contributed by atoms with Crippen LogP contribution in [-0.2, 0) is 16.1 Å². The number of hydrogen-bond acceptors (Lipinski definition) is 4. The van der Waals surface area contributed by atoms with Crippen molar-refractivity contribution in [2.24, 2.45) is 0 Å². The molecule has 1 fully saturated rings. The number of nitrogens with one attached hydrogen (secondary N) is 1. The zero-order chi connectivity index (χ0) is 13.7. The lowest BCUT2D eigenvalue weighted by molar-refractivity contribution is -0.137. The van der Waals surface area contributed by atoms with Crippen molar-refractivity contribution in [3.05, 3.63) is 30.1 Å². The zero-order valence-corrected chi connectivity index (χ0v) is 10.6. The predicted octanol–water partition coefficient (Wildman–Crippen LogP) is 0.247. The van der Waals surface area contributed by atoms with Crippen molar-refractivity contribution in [1.82, 2.24) is 15.2 Å². The van der Waals surface area contributed by atoms with Crippen LogP contribution in [-0.4, -0.2) is 46.0 Å². The molecule has 0 bridgehead atoms. The number of aliphatic carboxylic acids is 1. The van der Waals surface area contributed by atoms with Crippen molar-refractivity contribution in [3.8, 4) is 0 Å². The van der Waals surface area contributed by atoms with Crippen LogP contribution in [0.15, 0.2) is 24.4 Å². The Morgan fingerprint density at radius 3 is 3.05 bits per heavy atom. The SMILES string of the molecule is O=C(O)CCC1CN(Cc2ccccn2)C(=O)CN1. The van der Waals surface area contributed by atoms with Gasteiger partial charge in [-0.2, -0.15) is 0 Å². The fraction of sp³-hybridized carbons (Fsp3) is 0.462. The number of piperazine rings is 1. The summed E-state index contributed by atoms with van der Waals surface area (Å²) in [7, 11) is 0. The highest BCUT2D eigenvalue weighted by atomic mass is 16.4. The Balaban J connectivity index is 1.91. The van der Waals surface area contributed by atoms with Crippen LogP contribution in [0.2, 0.25) is 0 Å². The lowest BCUT2D eigenvalue weighted by Gasteiger charge is -2.33. The number of carbonyl (C=O) groups is 2. The molecule has 1 amide bonds. The van der Waals surface area contributed by atoms with Gasteiger partial charge in [0.25, 0.3) is 0 Å². The van der Waals surface area contributed by atoms with Crippen molar-refractivity contribution < 1.29 is 14.7 Å². The van der Waals surface area contributed by atoms with Gasteiger partial charge in [-0.15, -0.1) is 0 Å². The van der Waals surface area contributed by atoms with Gasteiger partial charge in [0.05, 0.1) is 18.8 Å². The summed E-state index contributed by atoms with van der Waals surface area (Å²) in [5.74, 6) is -0.785. The number of hydrogen-bond donors (Lipinski definition) is 2. The van der Waals surface area contributed by atoms with Gasteiger partial charge in [0, 0.05) is 25.2 Å². The van der Waals surface area contributed by atoms with E-state index < -0.39 is 5.97 Å². The Bertz CT molecular complexity index is 450. The molecule has 1 saturated heterocycles. The summed E-state index contributed by atoms with van der Waals surface area (Å²) in [6.45, 7) is 1.27. The predicted molar refractivity (Wildman–Crippen MR) is 68.3 cm³/mol. The monoisotopic (exact) mass is 263 g/mol. The minimum Gasteiger partial charge on any atom is -0.481 e. The molecule has 1 atom stereocenters. The number of carboxylic acid groups (broad SMARTS) is 1. The first kappa shape index (κ1) is 13.5. The number of carboxylic acids is 1. The van der Waals surface area contributed by atoms with Crippen LogP contribution >= 0.6 is 0 Å². The molecule has 1 aliphatic heterocycles. The van der Waals surface area contributed by atoms with Crippen LogP contribution in [0.3, 0.4) is 0 Å². The number of amides is 1. The summed E-state index contributed by atoms with van der Waals surface area (Å²) >= 11 is 0. The molecule has 2 rings (SSSR count). The van der Waals surface area contributed by atoms with Crippen LogP contribution in [0, 0.1) is 0 Å². The normalized spacial score (nSPS) is 19.5. The minimum absolute atomic E-state index is 0.0252. The number of rotatable bonds is 5. The molecular formula is C13H17N3O3. The zero-order valence-electron chi connectivity index (χ0n) is 10.6. The lowest BCUT2D eigenvalue weighted by atomic mass is 10.1. The first-order chi connectivity index (χ1) is 9.15. The molecule has 2 N–H and O–H groups in total. The molecule has 6 nitrogen and oxygen atoms in total. The standard InChI is InChI=1S/C13H17N3O3/c17-12-7-15-11(4-5-13(18)19)9-16(12)8-10-3-1-2-6-14-10/h1-3,6,11,15H,4-5,7-9H2,(H,18,19). The largest absolute Gasteiger partial charge is 0.481 e. The van der Waals surface area contributed by atoms with Crippen LogP contribution < -0.4 is 5.32 Å². The van der Waals surface area contributed by atoms with Gasteiger partial charge < -0.3 is 15.3 Å². The van der Waals surface area contributed by atoms with Crippen molar-refractivity contribution in [2.45, 2.75) is 25.4 Å². The van der Waals surface area contributed by atoms with Gasteiger partial charge >= 0.3 is 5.97 Å². The molecule has 0 aromatic carbocycles. The molecular weight excluding hydrogens is 246 g/mol. The second-order valence-corrected chi connectivity index (χ2v) is 4.61. The quantitative estimate of drug-likeness (QED) is 0.795. The first-order valence-electron chi connectivity index (χ1n) is 6.28. The van der Waals surface area contributed by atoms with Gasteiger partial charge in [-0.05, 0) is 18.6 Å². The van der Waals surface area contributed by atoms with E-state index in [9.17, 15) is 9.59 Å². The summed E-state index contributed by atoms with van der Waals surface area (Å²) < 4.78 is 0. The topological polar surface area (TPSA) is 82.5 Å². The third kappa shape index (κ3) is 4.03. The number of aromatic nitrogens is 1. The average Bonchev–Trinajstić information content (AvgIpc) is 2.41. The van der Waals surface area contributed by atoms with E-state index in [-0.39, 0.29) is 24.9 Å². The Morgan fingerprint density at radius 2 is 2.37 bits per heavy atom.